The van der Waals surface area contributed by atoms with Gasteiger partial charge in [-0.3, -0.25) is 14.6 Å². The summed E-state index contributed by atoms with van der Waals surface area (Å²) < 4.78 is 46.3. The minimum Gasteiger partial charge on any atom is -0.475 e. The van der Waals surface area contributed by atoms with Gasteiger partial charge >= 0.3 is 18.1 Å². The van der Waals surface area contributed by atoms with Crippen molar-refractivity contribution in [3.8, 4) is 5.75 Å². The molecule has 2 fully saturated rings. The molecule has 0 unspecified atom stereocenters. The fourth-order valence-electron chi connectivity index (χ4n) is 4.90. The van der Waals surface area contributed by atoms with E-state index in [1.54, 1.807) is 24.3 Å². The van der Waals surface area contributed by atoms with Crippen molar-refractivity contribution in [2.45, 2.75) is 57.5 Å². The number of aliphatic carboxylic acids is 1. The van der Waals surface area contributed by atoms with E-state index >= 15 is 0 Å². The van der Waals surface area contributed by atoms with Gasteiger partial charge < -0.3 is 25.3 Å². The maximum Gasteiger partial charge on any atom is 0.490 e. The van der Waals surface area contributed by atoms with E-state index in [1.807, 2.05) is 16.7 Å². The van der Waals surface area contributed by atoms with Gasteiger partial charge in [-0.1, -0.05) is 18.5 Å². The van der Waals surface area contributed by atoms with Crippen molar-refractivity contribution >= 4 is 35.1 Å². The lowest BCUT2D eigenvalue weighted by Crippen LogP contribution is -2.50. The van der Waals surface area contributed by atoms with E-state index < -0.39 is 24.2 Å². The number of amides is 1. The summed E-state index contributed by atoms with van der Waals surface area (Å²) in [6.45, 7) is 4.97. The average molecular weight is 634 g/mol. The zero-order valence-corrected chi connectivity index (χ0v) is 24.1. The number of hydrogen-bond acceptors (Lipinski definition) is 8. The van der Waals surface area contributed by atoms with E-state index in [9.17, 15) is 32.3 Å². The summed E-state index contributed by atoms with van der Waals surface area (Å²) in [7, 11) is 0. The lowest BCUT2D eigenvalue weighted by Gasteiger charge is -2.34. The Hall–Kier alpha value is -3.62. The Labute approximate surface area is 250 Å². The molecular formula is C28H32ClF4N3O7. The van der Waals surface area contributed by atoms with Crippen LogP contribution in [0, 0.1) is 5.82 Å². The molecule has 0 spiro atoms. The van der Waals surface area contributed by atoms with Gasteiger partial charge in [-0.2, -0.15) is 13.2 Å². The number of β-amino-alcohol motifs (C(OH)–C–C–N with tert-alkyl or cyclic N) is 1. The molecule has 10 nitrogen and oxygen atoms in total. The zero-order valence-electron chi connectivity index (χ0n) is 23.4. The summed E-state index contributed by atoms with van der Waals surface area (Å²) in [4.78, 5) is 46.5. The maximum atomic E-state index is 14.6. The van der Waals surface area contributed by atoms with E-state index in [0.29, 0.717) is 47.9 Å². The molecule has 2 aliphatic heterocycles. The Morgan fingerprint density at radius 3 is 2.21 bits per heavy atom. The third-order valence-corrected chi connectivity index (χ3v) is 7.21. The number of benzene rings is 2. The van der Waals surface area contributed by atoms with Crippen LogP contribution in [-0.4, -0.2) is 83.5 Å². The monoisotopic (exact) mass is 633 g/mol. The van der Waals surface area contributed by atoms with E-state index in [-0.39, 0.29) is 36.1 Å². The maximum absolute atomic E-state index is 14.6. The highest BCUT2D eigenvalue weighted by Crippen LogP contribution is 2.37. The number of nitrogens with zero attached hydrogens (tertiary/aromatic N) is 2. The topological polar surface area (TPSA) is 129 Å². The average Bonchev–Trinajstić information content (AvgIpc) is 3.31. The number of rotatable bonds is 7. The van der Waals surface area contributed by atoms with Gasteiger partial charge in [0.25, 0.3) is 5.91 Å². The number of halogens is 5. The number of nitrogens with one attached hydrogen (secondary N) is 1. The van der Waals surface area contributed by atoms with Crippen LogP contribution in [0.5, 0.6) is 5.75 Å². The minimum absolute atomic E-state index is 0.0179. The van der Waals surface area contributed by atoms with Crippen molar-refractivity contribution in [1.82, 2.24) is 10.2 Å². The predicted molar refractivity (Wildman–Crippen MR) is 147 cm³/mol. The largest absolute Gasteiger partial charge is 0.490 e. The van der Waals surface area contributed by atoms with Crippen LogP contribution in [0.1, 0.15) is 42.6 Å². The normalized spacial score (nSPS) is 19.0. The fraction of sp³-hybridized carbons (Fsp3) is 0.464. The second kappa shape index (κ2) is 14.7. The van der Waals surface area contributed by atoms with E-state index in [2.05, 4.69) is 5.32 Å². The van der Waals surface area contributed by atoms with Crippen LogP contribution in [0.3, 0.4) is 0 Å². The van der Waals surface area contributed by atoms with Gasteiger partial charge in [0, 0.05) is 55.3 Å². The molecule has 2 atom stereocenters. The number of anilines is 1. The lowest BCUT2D eigenvalue weighted by atomic mass is 10.0. The molecule has 1 amide bonds. The van der Waals surface area contributed by atoms with Gasteiger partial charge in [0.1, 0.15) is 5.82 Å². The Kier molecular flexibility index (Phi) is 11.6. The first-order valence-electron chi connectivity index (χ1n) is 13.4. The van der Waals surface area contributed by atoms with Gasteiger partial charge in [0.05, 0.1) is 17.8 Å². The first-order chi connectivity index (χ1) is 20.2. The van der Waals surface area contributed by atoms with Crippen LogP contribution < -0.4 is 15.1 Å². The second-order valence-corrected chi connectivity index (χ2v) is 10.4. The molecule has 2 aliphatic rings. The number of aliphatic hydroxyl groups is 1. The van der Waals surface area contributed by atoms with Crippen LogP contribution in [-0.2, 0) is 20.9 Å². The summed E-state index contributed by atoms with van der Waals surface area (Å²) in [6.07, 6.45) is -3.86. The number of carbonyl (C=O) groups is 3. The molecule has 0 aliphatic carbocycles. The number of hydrogen-bond donors (Lipinski definition) is 3. The summed E-state index contributed by atoms with van der Waals surface area (Å²) in [5.41, 5.74) is 1.52. The molecule has 4 rings (SSSR count). The van der Waals surface area contributed by atoms with E-state index in [4.69, 9.17) is 31.3 Å². The molecule has 43 heavy (non-hydrogen) atoms. The highest BCUT2D eigenvalue weighted by atomic mass is 35.5. The Morgan fingerprint density at radius 2 is 1.67 bits per heavy atom. The lowest BCUT2D eigenvalue weighted by molar-refractivity contribution is -0.210. The molecule has 0 saturated carbocycles. The van der Waals surface area contributed by atoms with Crippen molar-refractivity contribution in [2.75, 3.05) is 31.1 Å². The number of carboxylic acid groups (broad SMARTS) is 1. The number of carboxylic acids is 1. The molecule has 0 radical (unpaired) electrons. The van der Waals surface area contributed by atoms with Crippen LogP contribution in [0.15, 0.2) is 36.4 Å². The van der Waals surface area contributed by atoms with Crippen molar-refractivity contribution in [1.29, 1.82) is 0 Å². The number of piperidine rings is 1. The Balaban J connectivity index is 0.000000646. The number of aliphatic hydroxyl groups excluding tert-OH is 1. The third-order valence-electron chi connectivity index (χ3n) is 6.96. The van der Waals surface area contributed by atoms with Crippen molar-refractivity contribution < 1.29 is 51.9 Å². The predicted octanol–water partition coefficient (Wildman–Crippen LogP) is 3.98. The van der Waals surface area contributed by atoms with Crippen LogP contribution in [0.2, 0.25) is 5.02 Å². The van der Waals surface area contributed by atoms with Crippen molar-refractivity contribution in [3.05, 3.63) is 58.4 Å². The highest BCUT2D eigenvalue weighted by Gasteiger charge is 2.38. The summed E-state index contributed by atoms with van der Waals surface area (Å²) in [6, 6.07) is 9.47. The highest BCUT2D eigenvalue weighted by molar-refractivity contribution is 6.30. The molecule has 2 saturated heterocycles. The van der Waals surface area contributed by atoms with Crippen molar-refractivity contribution in [2.24, 2.45) is 0 Å². The molecule has 0 aromatic heterocycles. The van der Waals surface area contributed by atoms with Gasteiger partial charge in [0.15, 0.2) is 0 Å². The van der Waals surface area contributed by atoms with Crippen molar-refractivity contribution in [3.63, 3.8) is 0 Å². The second-order valence-electron chi connectivity index (χ2n) is 10.0. The van der Waals surface area contributed by atoms with Gasteiger partial charge in [-0.05, 0) is 55.7 Å². The van der Waals surface area contributed by atoms with Gasteiger partial charge in [-0.25, -0.2) is 14.0 Å². The quantitative estimate of drug-likeness (QED) is 0.236. The van der Waals surface area contributed by atoms with Gasteiger partial charge in [-0.15, -0.1) is 0 Å². The summed E-state index contributed by atoms with van der Waals surface area (Å²) >= 11 is 5.92. The molecule has 15 heteroatoms. The summed E-state index contributed by atoms with van der Waals surface area (Å²) in [5, 5.41) is 22.0. The molecule has 2 aromatic carbocycles. The van der Waals surface area contributed by atoms with Crippen LogP contribution in [0.25, 0.3) is 0 Å². The fourth-order valence-corrected chi connectivity index (χ4v) is 5.03. The third kappa shape index (κ3) is 9.18. The molecule has 0 bridgehead atoms. The van der Waals surface area contributed by atoms with Crippen LogP contribution in [0.4, 0.5) is 23.2 Å². The molecular weight excluding hydrogens is 602 g/mol. The number of carbonyl (C=O) groups excluding carboxylic acids is 2. The molecule has 2 heterocycles. The molecule has 3 N–H and O–H groups in total. The van der Waals surface area contributed by atoms with E-state index in [0.717, 1.165) is 12.8 Å². The first kappa shape index (κ1) is 33.9. The Bertz CT molecular complexity index is 1290. The van der Waals surface area contributed by atoms with E-state index in [1.165, 1.54) is 19.1 Å². The van der Waals surface area contributed by atoms with Crippen LogP contribution >= 0.6 is 11.6 Å². The number of likely N-dealkylation sites (tertiary alicyclic amines) is 1. The molecule has 2 aromatic rings. The summed E-state index contributed by atoms with van der Waals surface area (Å²) in [5.74, 6) is -3.55. The smallest absolute Gasteiger partial charge is 0.475 e. The standard InChI is InChI=1S/C26H31ClFN3O5.C2HF3O2/c1-3-20-21(28)8-9-24(36-35-16(2)32)25(20)31-14-22(23(33)15-31)29-19-10-12-30(13-11-19)26(34)17-4-6-18(27)7-5-17;3-2(4,5)1(6)7/h4-9,19,22-23,29,33H,3,10-15H2,1-2H3;(H,6,7)/t22-,23-;/m1./s1. The SMILES string of the molecule is CCc1c(F)ccc(OOC(C)=O)c1N1C[C@@H](O)[C@H](NC2CCN(C(=O)c3ccc(Cl)cc3)CC2)C1.O=C(O)C(F)(F)F. The van der Waals surface area contributed by atoms with Gasteiger partial charge in [0.2, 0.25) is 5.75 Å². The first-order valence-corrected chi connectivity index (χ1v) is 13.8. The Morgan fingerprint density at radius 1 is 1.07 bits per heavy atom. The number of alkyl halides is 3. The molecule has 236 valence electrons. The zero-order chi connectivity index (χ0) is 31.9. The minimum atomic E-state index is -5.08.